The van der Waals surface area contributed by atoms with Gasteiger partial charge in [-0.15, -0.1) is 0 Å². The first-order chi connectivity index (χ1) is 23.5. The number of hydrogen-bond acceptors (Lipinski definition) is 5. The molecule has 0 aliphatic heterocycles. The summed E-state index contributed by atoms with van der Waals surface area (Å²) in [5.41, 5.74) is 2.99. The number of Topliss-reactive ketones (excluding diaryl/α,β-unsaturated/α-hetero) is 1. The van der Waals surface area contributed by atoms with Gasteiger partial charge in [0.2, 0.25) is 0 Å². The molecule has 0 unspecified atom stereocenters. The van der Waals surface area contributed by atoms with Crippen molar-refractivity contribution in [2.24, 2.45) is 35.5 Å². The monoisotopic (exact) mass is 628 g/mol. The standard InChI is InChI=1S/C43H32O5/c1-47-39(44)33-29-21-22-30(34(33)40(45)48-2)32-31(29)37-38(32)43(24-15-7-4-8-16-24)36-28-20-12-10-18-26(28)25-17-9-11-19-27(25)35(36)42(37,41(43)46)23-13-5-3-6-14-23/h3-22,29-32,37-38H,1-2H3/t29-,30-,31+,32+,37+,38+,42-,43-/m0/s1. The van der Waals surface area contributed by atoms with Gasteiger partial charge in [-0.05, 0) is 67.5 Å². The highest BCUT2D eigenvalue weighted by molar-refractivity contribution is 6.23. The summed E-state index contributed by atoms with van der Waals surface area (Å²) >= 11 is 0. The van der Waals surface area contributed by atoms with Gasteiger partial charge in [-0.3, -0.25) is 4.79 Å². The largest absolute Gasteiger partial charge is 0.466 e. The van der Waals surface area contributed by atoms with Crippen LogP contribution in [0.4, 0.5) is 0 Å². The highest BCUT2D eigenvalue weighted by Gasteiger charge is 2.85. The number of fused-ring (bicyclic) bond motifs is 13. The molecule has 2 saturated carbocycles. The summed E-state index contributed by atoms with van der Waals surface area (Å²) in [6.45, 7) is 0. The zero-order chi connectivity index (χ0) is 32.5. The maximum atomic E-state index is 16.3. The molecule has 0 amide bonds. The molecule has 0 aromatic heterocycles. The van der Waals surface area contributed by atoms with E-state index in [0.717, 1.165) is 43.8 Å². The highest BCUT2D eigenvalue weighted by Crippen LogP contribution is 2.82. The van der Waals surface area contributed by atoms with Gasteiger partial charge in [0.1, 0.15) is 0 Å². The number of ketones is 1. The molecule has 234 valence electrons. The minimum absolute atomic E-state index is 0.0550. The first-order valence-electron chi connectivity index (χ1n) is 16.7. The number of methoxy groups -OCH3 is 2. The molecule has 11 rings (SSSR count). The fourth-order valence-corrected chi connectivity index (χ4v) is 11.5. The molecule has 5 heteroatoms. The summed E-state index contributed by atoms with van der Waals surface area (Å²) in [4.78, 5) is 43.4. The number of hydrogen-bond donors (Lipinski definition) is 0. The Labute approximate surface area is 277 Å². The first kappa shape index (κ1) is 27.8. The van der Waals surface area contributed by atoms with Gasteiger partial charge < -0.3 is 9.47 Å². The van der Waals surface area contributed by atoms with Gasteiger partial charge in [-0.1, -0.05) is 121 Å². The number of benzene rings is 5. The van der Waals surface area contributed by atoms with Crippen molar-refractivity contribution >= 4 is 39.3 Å². The van der Waals surface area contributed by atoms with E-state index >= 15 is 4.79 Å². The quantitative estimate of drug-likeness (QED) is 0.121. The Hall–Kier alpha value is -5.29. The topological polar surface area (TPSA) is 69.7 Å². The molecule has 0 spiro atoms. The molecule has 5 nitrogen and oxygen atoms in total. The second kappa shape index (κ2) is 9.41. The molecular formula is C43H32O5. The molecule has 8 atom stereocenters. The first-order valence-corrected chi connectivity index (χ1v) is 16.7. The Morgan fingerprint density at radius 2 is 0.875 bits per heavy atom. The molecule has 0 heterocycles. The van der Waals surface area contributed by atoms with Gasteiger partial charge in [-0.25, -0.2) is 9.59 Å². The van der Waals surface area contributed by atoms with Crippen LogP contribution in [0, 0.1) is 35.5 Å². The molecule has 0 radical (unpaired) electrons. The lowest BCUT2D eigenvalue weighted by atomic mass is 9.35. The van der Waals surface area contributed by atoms with Crippen molar-refractivity contribution < 1.29 is 23.9 Å². The molecule has 5 aromatic rings. The van der Waals surface area contributed by atoms with Gasteiger partial charge in [0.15, 0.2) is 5.78 Å². The number of rotatable bonds is 4. The molecule has 5 aromatic carbocycles. The van der Waals surface area contributed by atoms with Crippen molar-refractivity contribution in [3.05, 3.63) is 155 Å². The van der Waals surface area contributed by atoms with Crippen LogP contribution in [-0.2, 0) is 34.7 Å². The normalized spacial score (nSPS) is 31.8. The number of carbonyl (C=O) groups is 3. The lowest BCUT2D eigenvalue weighted by Gasteiger charge is -2.66. The van der Waals surface area contributed by atoms with Crippen LogP contribution >= 0.6 is 0 Å². The molecule has 2 fully saturated rings. The molecule has 48 heavy (non-hydrogen) atoms. The maximum Gasteiger partial charge on any atom is 0.334 e. The number of esters is 2. The summed E-state index contributed by atoms with van der Waals surface area (Å²) < 4.78 is 10.6. The minimum Gasteiger partial charge on any atom is -0.466 e. The third-order valence-corrected chi connectivity index (χ3v) is 12.7. The highest BCUT2D eigenvalue weighted by atomic mass is 16.5. The van der Waals surface area contributed by atoms with Gasteiger partial charge in [0, 0.05) is 11.8 Å². The van der Waals surface area contributed by atoms with Crippen LogP contribution in [0.15, 0.2) is 132 Å². The van der Waals surface area contributed by atoms with Crippen LogP contribution in [0.25, 0.3) is 21.5 Å². The van der Waals surface area contributed by atoms with E-state index < -0.39 is 22.8 Å². The van der Waals surface area contributed by atoms with Crippen LogP contribution < -0.4 is 0 Å². The minimum atomic E-state index is -0.972. The summed E-state index contributed by atoms with van der Waals surface area (Å²) in [5.74, 6) is -1.91. The fraction of sp³-hybridized carbons (Fsp3) is 0.233. The summed E-state index contributed by atoms with van der Waals surface area (Å²) in [5, 5.41) is 4.45. The number of allylic oxidation sites excluding steroid dienone is 2. The Bertz CT molecular complexity index is 2160. The molecule has 0 N–H and O–H groups in total. The summed E-state index contributed by atoms with van der Waals surface area (Å²) in [6.07, 6.45) is 4.18. The predicted octanol–water partition coefficient (Wildman–Crippen LogP) is 7.10. The molecular weight excluding hydrogens is 596 g/mol. The lowest BCUT2D eigenvalue weighted by molar-refractivity contribution is -0.147. The molecule has 4 bridgehead atoms. The van der Waals surface area contributed by atoms with E-state index in [2.05, 4.69) is 84.9 Å². The SMILES string of the molecule is COC(=O)C1=C(C(=O)OC)[C@H]2C=C[C@H]1[C@@H]1[C@@H]2[C@@H]2[C@@H]1[C@@]1(c3ccccc3)C(=O)[C@@]2(c2ccccc2)c2c1c1ccccc1c1ccccc21. The van der Waals surface area contributed by atoms with E-state index in [9.17, 15) is 9.59 Å². The molecule has 6 aliphatic carbocycles. The van der Waals surface area contributed by atoms with Crippen LogP contribution in [0.3, 0.4) is 0 Å². The van der Waals surface area contributed by atoms with Crippen molar-refractivity contribution in [1.29, 1.82) is 0 Å². The molecule has 6 aliphatic rings. The Kier molecular flexibility index (Phi) is 5.45. The second-order valence-corrected chi connectivity index (χ2v) is 14.0. The smallest absolute Gasteiger partial charge is 0.334 e. The third-order valence-electron chi connectivity index (χ3n) is 12.7. The van der Waals surface area contributed by atoms with Crippen LogP contribution in [0.2, 0.25) is 0 Å². The van der Waals surface area contributed by atoms with E-state index in [4.69, 9.17) is 9.47 Å². The van der Waals surface area contributed by atoms with E-state index in [-0.39, 0.29) is 41.3 Å². The number of ether oxygens (including phenoxy) is 2. The van der Waals surface area contributed by atoms with Crippen LogP contribution in [0.5, 0.6) is 0 Å². The average molecular weight is 629 g/mol. The van der Waals surface area contributed by atoms with E-state index in [1.807, 2.05) is 36.4 Å². The van der Waals surface area contributed by atoms with Gasteiger partial charge in [0.25, 0.3) is 0 Å². The third kappa shape index (κ3) is 2.86. The van der Waals surface area contributed by atoms with Crippen molar-refractivity contribution in [3.63, 3.8) is 0 Å². The Morgan fingerprint density at radius 1 is 0.521 bits per heavy atom. The molecule has 0 saturated heterocycles. The van der Waals surface area contributed by atoms with Crippen molar-refractivity contribution in [2.45, 2.75) is 10.8 Å². The van der Waals surface area contributed by atoms with E-state index in [0.29, 0.717) is 11.1 Å². The second-order valence-electron chi connectivity index (χ2n) is 14.0. The van der Waals surface area contributed by atoms with Crippen LogP contribution in [-0.4, -0.2) is 31.9 Å². The lowest BCUT2D eigenvalue weighted by Crippen LogP contribution is -2.65. The summed E-state index contributed by atoms with van der Waals surface area (Å²) in [7, 11) is 2.73. The van der Waals surface area contributed by atoms with Crippen molar-refractivity contribution in [2.75, 3.05) is 14.2 Å². The maximum absolute atomic E-state index is 16.3. The van der Waals surface area contributed by atoms with Gasteiger partial charge >= 0.3 is 11.9 Å². The fourth-order valence-electron chi connectivity index (χ4n) is 11.5. The van der Waals surface area contributed by atoms with E-state index in [1.54, 1.807) is 0 Å². The van der Waals surface area contributed by atoms with Crippen molar-refractivity contribution in [3.8, 4) is 0 Å². The number of carbonyl (C=O) groups excluding carboxylic acids is 3. The van der Waals surface area contributed by atoms with Gasteiger partial charge in [-0.2, -0.15) is 0 Å². The zero-order valence-corrected chi connectivity index (χ0v) is 26.6. The summed E-state index contributed by atoms with van der Waals surface area (Å²) in [6, 6.07) is 37.7. The van der Waals surface area contributed by atoms with Crippen molar-refractivity contribution in [1.82, 2.24) is 0 Å². The Morgan fingerprint density at radius 3 is 1.25 bits per heavy atom. The van der Waals surface area contributed by atoms with Gasteiger partial charge in [0.05, 0.1) is 36.2 Å². The predicted molar refractivity (Wildman–Crippen MR) is 182 cm³/mol. The average Bonchev–Trinajstić information content (AvgIpc) is 3.49. The van der Waals surface area contributed by atoms with E-state index in [1.165, 1.54) is 14.2 Å². The van der Waals surface area contributed by atoms with Crippen LogP contribution in [0.1, 0.15) is 22.3 Å². The zero-order valence-electron chi connectivity index (χ0n) is 26.6. The Balaban J connectivity index is 1.39.